The van der Waals surface area contributed by atoms with Gasteiger partial charge in [0.15, 0.2) is 0 Å². The van der Waals surface area contributed by atoms with Gasteiger partial charge in [-0.3, -0.25) is 4.79 Å². The molecule has 1 N–H and O–H groups in total. The number of thioether (sulfide) groups is 1. The number of nitrogens with one attached hydrogen (secondary N) is 1. The van der Waals surface area contributed by atoms with Crippen LogP contribution >= 0.6 is 11.8 Å². The van der Waals surface area contributed by atoms with Crippen LogP contribution in [0.2, 0.25) is 0 Å². The van der Waals surface area contributed by atoms with E-state index < -0.39 is 0 Å². The Balaban J connectivity index is 1.45. The molecule has 1 heterocycles. The molecule has 2 aromatic rings. The number of amides is 1. The highest BCUT2D eigenvalue weighted by molar-refractivity contribution is 8.00. The van der Waals surface area contributed by atoms with E-state index in [1.54, 1.807) is 0 Å². The number of aromatic nitrogens is 3. The van der Waals surface area contributed by atoms with Crippen molar-refractivity contribution in [2.24, 2.45) is 0 Å². The topological polar surface area (TPSA) is 59.8 Å². The van der Waals surface area contributed by atoms with E-state index in [0.29, 0.717) is 17.1 Å². The van der Waals surface area contributed by atoms with E-state index in [4.69, 9.17) is 10.1 Å². The van der Waals surface area contributed by atoms with Gasteiger partial charge in [0, 0.05) is 12.0 Å². The predicted molar refractivity (Wildman–Crippen MR) is 104 cm³/mol. The van der Waals surface area contributed by atoms with E-state index in [1.165, 1.54) is 43.9 Å². The minimum atomic E-state index is -0.185. The maximum atomic E-state index is 12.5. The minimum Gasteiger partial charge on any atom is -0.352 e. The third kappa shape index (κ3) is 4.11. The molecule has 6 heteroatoms. The zero-order valence-electron chi connectivity index (χ0n) is 15.2. The zero-order valence-corrected chi connectivity index (χ0v) is 16.0. The summed E-state index contributed by atoms with van der Waals surface area (Å²) >= 11 is 1.46. The second kappa shape index (κ2) is 7.82. The molecule has 0 radical (unpaired) electrons. The molecule has 1 amide bonds. The number of benzene rings is 1. The molecule has 138 valence electrons. The van der Waals surface area contributed by atoms with Gasteiger partial charge in [-0.05, 0) is 44.7 Å². The number of hydrogen-bond donors (Lipinski definition) is 1. The smallest absolute Gasteiger partial charge is 0.233 e. The van der Waals surface area contributed by atoms with Crippen LogP contribution in [0.3, 0.4) is 0 Å². The monoisotopic (exact) mass is 370 g/mol. The summed E-state index contributed by atoms with van der Waals surface area (Å²) in [6.45, 7) is 1.95. The molecule has 2 aliphatic carbocycles. The van der Waals surface area contributed by atoms with Crippen LogP contribution in [-0.2, 0) is 4.79 Å². The van der Waals surface area contributed by atoms with E-state index in [9.17, 15) is 4.79 Å². The van der Waals surface area contributed by atoms with E-state index in [-0.39, 0.29) is 11.2 Å². The summed E-state index contributed by atoms with van der Waals surface area (Å²) < 4.78 is 1.95. The lowest BCUT2D eigenvalue weighted by Gasteiger charge is -2.24. The van der Waals surface area contributed by atoms with Gasteiger partial charge < -0.3 is 5.32 Å². The maximum absolute atomic E-state index is 12.5. The van der Waals surface area contributed by atoms with Crippen molar-refractivity contribution in [1.29, 1.82) is 0 Å². The first-order chi connectivity index (χ1) is 12.7. The van der Waals surface area contributed by atoms with E-state index in [2.05, 4.69) is 5.32 Å². The number of carbonyl (C=O) groups excluding carboxylic acids is 1. The number of nitrogens with zero attached hydrogens (tertiary/aromatic N) is 3. The molecule has 1 atom stereocenters. The summed E-state index contributed by atoms with van der Waals surface area (Å²) in [6, 6.07) is 10.5. The highest BCUT2D eigenvalue weighted by atomic mass is 32.2. The first kappa shape index (κ1) is 17.6. The first-order valence-electron chi connectivity index (χ1n) is 9.70. The molecular formula is C20H26N4OS. The Kier molecular flexibility index (Phi) is 5.29. The van der Waals surface area contributed by atoms with Gasteiger partial charge in [-0.15, -0.1) is 5.10 Å². The third-order valence-electron chi connectivity index (χ3n) is 5.16. The van der Waals surface area contributed by atoms with Gasteiger partial charge in [0.25, 0.3) is 0 Å². The van der Waals surface area contributed by atoms with E-state index >= 15 is 0 Å². The molecule has 0 spiro atoms. The van der Waals surface area contributed by atoms with Crippen LogP contribution in [0.25, 0.3) is 5.69 Å². The fourth-order valence-electron chi connectivity index (χ4n) is 3.50. The van der Waals surface area contributed by atoms with Gasteiger partial charge in [0.2, 0.25) is 11.1 Å². The largest absolute Gasteiger partial charge is 0.352 e. The Labute approximate surface area is 159 Å². The molecule has 26 heavy (non-hydrogen) atoms. The van der Waals surface area contributed by atoms with Crippen LogP contribution in [-0.4, -0.2) is 32.0 Å². The lowest BCUT2D eigenvalue weighted by atomic mass is 9.95. The fourth-order valence-corrected chi connectivity index (χ4v) is 4.26. The van der Waals surface area contributed by atoms with Crippen LogP contribution in [0.4, 0.5) is 0 Å². The average molecular weight is 371 g/mol. The number of para-hydroxylation sites is 1. The first-order valence-corrected chi connectivity index (χ1v) is 10.6. The van der Waals surface area contributed by atoms with Crippen LogP contribution in [0.1, 0.15) is 63.6 Å². The van der Waals surface area contributed by atoms with Crippen molar-refractivity contribution in [1.82, 2.24) is 20.1 Å². The molecule has 1 aromatic heterocycles. The quantitative estimate of drug-likeness (QED) is 0.779. The Morgan fingerprint density at radius 1 is 1.15 bits per heavy atom. The van der Waals surface area contributed by atoms with Gasteiger partial charge in [-0.25, -0.2) is 9.67 Å². The summed E-state index contributed by atoms with van der Waals surface area (Å²) in [4.78, 5) is 17.3. The summed E-state index contributed by atoms with van der Waals surface area (Å²) in [5.74, 6) is 1.63. The molecule has 2 aliphatic rings. The Morgan fingerprint density at radius 2 is 1.88 bits per heavy atom. The maximum Gasteiger partial charge on any atom is 0.233 e. The summed E-state index contributed by atoms with van der Waals surface area (Å²) in [7, 11) is 0. The highest BCUT2D eigenvalue weighted by Crippen LogP contribution is 2.40. The SMILES string of the molecule is CC(Sc1nc(C2CC2)n(-c2ccccc2)n1)C(=O)NC1CCCCC1. The highest BCUT2D eigenvalue weighted by Gasteiger charge is 2.31. The van der Waals surface area contributed by atoms with E-state index in [0.717, 1.165) is 24.4 Å². The number of carbonyl (C=O) groups is 1. The molecule has 1 aromatic carbocycles. The molecule has 5 nitrogen and oxygen atoms in total. The average Bonchev–Trinajstić information content (AvgIpc) is 3.43. The Morgan fingerprint density at radius 3 is 2.58 bits per heavy atom. The third-order valence-corrected chi connectivity index (χ3v) is 6.11. The molecule has 2 fully saturated rings. The molecule has 2 saturated carbocycles. The minimum absolute atomic E-state index is 0.103. The van der Waals surface area contributed by atoms with Crippen LogP contribution in [0, 0.1) is 0 Å². The lowest BCUT2D eigenvalue weighted by Crippen LogP contribution is -2.40. The molecule has 1 unspecified atom stereocenters. The van der Waals surface area contributed by atoms with Crippen LogP contribution in [0.15, 0.2) is 35.5 Å². The number of rotatable bonds is 6. The van der Waals surface area contributed by atoms with Crippen molar-refractivity contribution < 1.29 is 4.79 Å². The van der Waals surface area contributed by atoms with Gasteiger partial charge in [0.05, 0.1) is 10.9 Å². The Hall–Kier alpha value is -1.82. The van der Waals surface area contributed by atoms with Crippen LogP contribution in [0.5, 0.6) is 0 Å². The van der Waals surface area contributed by atoms with Crippen molar-refractivity contribution in [3.8, 4) is 5.69 Å². The second-order valence-corrected chi connectivity index (χ2v) is 8.69. The molecule has 0 saturated heterocycles. The Bertz CT molecular complexity index is 750. The van der Waals surface area contributed by atoms with Gasteiger partial charge in [0.1, 0.15) is 5.82 Å². The number of hydrogen-bond acceptors (Lipinski definition) is 4. The summed E-state index contributed by atoms with van der Waals surface area (Å²) in [5, 5.41) is 8.42. The molecular weight excluding hydrogens is 344 g/mol. The molecule has 0 aliphatic heterocycles. The van der Waals surface area contributed by atoms with Crippen molar-refractivity contribution >= 4 is 17.7 Å². The fraction of sp³-hybridized carbons (Fsp3) is 0.550. The predicted octanol–water partition coefficient (Wildman–Crippen LogP) is 4.07. The normalized spacial score (nSPS) is 19.3. The van der Waals surface area contributed by atoms with Gasteiger partial charge in [-0.1, -0.05) is 49.2 Å². The lowest BCUT2D eigenvalue weighted by molar-refractivity contribution is -0.121. The summed E-state index contributed by atoms with van der Waals surface area (Å²) in [6.07, 6.45) is 8.30. The van der Waals surface area contributed by atoms with Gasteiger partial charge >= 0.3 is 0 Å². The van der Waals surface area contributed by atoms with Crippen molar-refractivity contribution in [3.05, 3.63) is 36.2 Å². The van der Waals surface area contributed by atoms with Crippen LogP contribution < -0.4 is 5.32 Å². The molecule has 0 bridgehead atoms. The second-order valence-electron chi connectivity index (χ2n) is 7.38. The van der Waals surface area contributed by atoms with E-state index in [1.807, 2.05) is 41.9 Å². The summed E-state index contributed by atoms with van der Waals surface area (Å²) in [5.41, 5.74) is 1.04. The molecule has 4 rings (SSSR count). The van der Waals surface area contributed by atoms with Gasteiger partial charge in [-0.2, -0.15) is 0 Å². The van der Waals surface area contributed by atoms with Crippen molar-refractivity contribution in [2.45, 2.75) is 74.2 Å². The standard InChI is InChI=1S/C20H26N4OS/c1-14(19(25)21-16-8-4-2-5-9-16)26-20-22-18(15-12-13-15)24(23-20)17-10-6-3-7-11-17/h3,6-7,10-11,14-16H,2,4-5,8-9,12-13H2,1H3,(H,21,25). The zero-order chi connectivity index (χ0) is 17.9. The van der Waals surface area contributed by atoms with Crippen molar-refractivity contribution in [2.75, 3.05) is 0 Å². The van der Waals surface area contributed by atoms with Crippen molar-refractivity contribution in [3.63, 3.8) is 0 Å².